The van der Waals surface area contributed by atoms with Crippen molar-refractivity contribution in [2.75, 3.05) is 6.54 Å². The first kappa shape index (κ1) is 12.2. The van der Waals surface area contributed by atoms with Gasteiger partial charge in [-0.2, -0.15) is 0 Å². The fourth-order valence-electron chi connectivity index (χ4n) is 3.53. The Morgan fingerprint density at radius 2 is 2.33 bits per heavy atom. The van der Waals surface area contributed by atoms with Crippen LogP contribution in [0.4, 0.5) is 0 Å². The van der Waals surface area contributed by atoms with Crippen LogP contribution >= 0.6 is 0 Å². The summed E-state index contributed by atoms with van der Waals surface area (Å²) in [7, 11) is 0. The molecule has 1 aliphatic carbocycles. The van der Waals surface area contributed by atoms with E-state index in [0.717, 1.165) is 30.0 Å². The highest BCUT2D eigenvalue weighted by atomic mass is 16.5. The summed E-state index contributed by atoms with van der Waals surface area (Å²) in [6.45, 7) is 3.98. The predicted molar refractivity (Wildman–Crippen MR) is 70.2 cm³/mol. The van der Waals surface area contributed by atoms with Crippen LogP contribution < -0.4 is 10.6 Å². The monoisotopic (exact) mass is 249 g/mol. The average molecular weight is 249 g/mol. The molecule has 3 atom stereocenters. The molecule has 1 aromatic rings. The van der Waals surface area contributed by atoms with E-state index in [0.29, 0.717) is 6.04 Å². The van der Waals surface area contributed by atoms with E-state index < -0.39 is 0 Å². The molecule has 3 unspecified atom stereocenters. The third-order valence-electron chi connectivity index (χ3n) is 4.40. The molecule has 0 aromatic carbocycles. The lowest BCUT2D eigenvalue weighted by Crippen LogP contribution is -2.41. The molecule has 2 N–H and O–H groups in total. The molecule has 3 rings (SSSR count). The lowest BCUT2D eigenvalue weighted by Gasteiger charge is -2.26. The maximum Gasteiger partial charge on any atom is 0.150 e. The topological polar surface area (TPSA) is 50.1 Å². The third kappa shape index (κ3) is 2.59. The highest BCUT2D eigenvalue weighted by Gasteiger charge is 2.34. The summed E-state index contributed by atoms with van der Waals surface area (Å²) in [4.78, 5) is 0. The van der Waals surface area contributed by atoms with E-state index in [1.54, 1.807) is 0 Å². The van der Waals surface area contributed by atoms with Crippen molar-refractivity contribution in [3.8, 4) is 0 Å². The first-order valence-electron chi connectivity index (χ1n) is 7.22. The van der Waals surface area contributed by atoms with Crippen LogP contribution in [0.2, 0.25) is 0 Å². The Bertz CT molecular complexity index is 384. The summed E-state index contributed by atoms with van der Waals surface area (Å²) in [6.07, 6.45) is 6.72. The molecule has 1 saturated carbocycles. The minimum atomic E-state index is 0.644. The molecule has 2 heterocycles. The van der Waals surface area contributed by atoms with Crippen LogP contribution in [0.3, 0.4) is 0 Å². The van der Waals surface area contributed by atoms with Crippen molar-refractivity contribution in [2.24, 2.45) is 5.92 Å². The van der Waals surface area contributed by atoms with Crippen LogP contribution in [-0.4, -0.2) is 23.8 Å². The van der Waals surface area contributed by atoms with Gasteiger partial charge in [0.05, 0.1) is 12.2 Å². The van der Waals surface area contributed by atoms with Crippen LogP contribution in [0.15, 0.2) is 10.6 Å². The zero-order valence-corrected chi connectivity index (χ0v) is 11.1. The molecule has 0 spiro atoms. The lowest BCUT2D eigenvalue weighted by molar-refractivity contribution is 0.302. The minimum absolute atomic E-state index is 0.644. The van der Waals surface area contributed by atoms with Crippen LogP contribution in [0, 0.1) is 12.8 Å². The number of rotatable bonds is 4. The van der Waals surface area contributed by atoms with E-state index in [-0.39, 0.29) is 0 Å². The van der Waals surface area contributed by atoms with Crippen LogP contribution in [0.25, 0.3) is 0 Å². The predicted octanol–water partition coefficient (Wildman–Crippen LogP) is 1.99. The normalized spacial score (nSPS) is 32.2. The highest BCUT2D eigenvalue weighted by molar-refractivity contribution is 5.03. The largest absolute Gasteiger partial charge is 0.360 e. The number of aromatic nitrogens is 1. The number of nitrogens with one attached hydrogen (secondary N) is 2. The summed E-state index contributed by atoms with van der Waals surface area (Å²) in [5, 5.41) is 11.3. The summed E-state index contributed by atoms with van der Waals surface area (Å²) < 4.78 is 5.26. The quantitative estimate of drug-likeness (QED) is 0.857. The van der Waals surface area contributed by atoms with Crippen LogP contribution in [0.1, 0.15) is 43.6 Å². The van der Waals surface area contributed by atoms with Crippen molar-refractivity contribution < 1.29 is 4.52 Å². The Balaban J connectivity index is 1.54. The average Bonchev–Trinajstić information content (AvgIpc) is 3.07. The molecule has 1 aromatic heterocycles. The minimum Gasteiger partial charge on any atom is -0.360 e. The van der Waals surface area contributed by atoms with Crippen LogP contribution in [0.5, 0.6) is 0 Å². The van der Waals surface area contributed by atoms with Gasteiger partial charge in [0, 0.05) is 18.2 Å². The van der Waals surface area contributed by atoms with Gasteiger partial charge in [0.2, 0.25) is 0 Å². The lowest BCUT2D eigenvalue weighted by atomic mass is 9.93. The Hall–Kier alpha value is -0.870. The zero-order valence-electron chi connectivity index (χ0n) is 11.1. The molecule has 4 heteroatoms. The number of aryl methyl sites for hydroxylation is 1. The third-order valence-corrected chi connectivity index (χ3v) is 4.40. The van der Waals surface area contributed by atoms with Crippen molar-refractivity contribution in [2.45, 2.75) is 57.7 Å². The van der Waals surface area contributed by atoms with Gasteiger partial charge in [0.25, 0.3) is 0 Å². The van der Waals surface area contributed by atoms with Crippen molar-refractivity contribution in [1.82, 2.24) is 15.8 Å². The van der Waals surface area contributed by atoms with Gasteiger partial charge in [-0.05, 0) is 45.1 Å². The molecule has 2 fully saturated rings. The van der Waals surface area contributed by atoms with E-state index in [4.69, 9.17) is 4.52 Å². The van der Waals surface area contributed by atoms with Gasteiger partial charge in [-0.1, -0.05) is 11.6 Å². The van der Waals surface area contributed by atoms with Gasteiger partial charge in [0.15, 0.2) is 5.76 Å². The number of hydrogen-bond acceptors (Lipinski definition) is 4. The molecule has 1 aliphatic heterocycles. The van der Waals surface area contributed by atoms with E-state index >= 15 is 0 Å². The van der Waals surface area contributed by atoms with Gasteiger partial charge >= 0.3 is 0 Å². The molecule has 1 saturated heterocycles. The summed E-state index contributed by atoms with van der Waals surface area (Å²) in [5.74, 6) is 1.76. The Kier molecular flexibility index (Phi) is 3.66. The maximum absolute atomic E-state index is 5.26. The second-order valence-electron chi connectivity index (χ2n) is 5.72. The molecular formula is C14H23N3O. The molecule has 0 amide bonds. The second kappa shape index (κ2) is 5.41. The SMILES string of the molecule is Cc1cc(CNC2CCCC2C2CCCN2)on1. The molecule has 4 nitrogen and oxygen atoms in total. The summed E-state index contributed by atoms with van der Waals surface area (Å²) >= 11 is 0. The molecule has 18 heavy (non-hydrogen) atoms. The number of nitrogens with zero attached hydrogens (tertiary/aromatic N) is 1. The first-order chi connectivity index (χ1) is 8.83. The van der Waals surface area contributed by atoms with Crippen molar-refractivity contribution in [1.29, 1.82) is 0 Å². The van der Waals surface area contributed by atoms with E-state index in [1.807, 2.05) is 13.0 Å². The van der Waals surface area contributed by atoms with E-state index in [2.05, 4.69) is 15.8 Å². The fourth-order valence-corrected chi connectivity index (χ4v) is 3.53. The van der Waals surface area contributed by atoms with E-state index in [9.17, 15) is 0 Å². The van der Waals surface area contributed by atoms with Crippen LogP contribution in [-0.2, 0) is 6.54 Å². The standard InChI is InChI=1S/C14H23N3O/c1-10-8-11(18-17-10)9-16-14-5-2-4-12(14)13-6-3-7-15-13/h8,12-16H,2-7,9H2,1H3. The summed E-state index contributed by atoms with van der Waals surface area (Å²) in [5.41, 5.74) is 0.965. The Morgan fingerprint density at radius 1 is 1.39 bits per heavy atom. The molecule has 100 valence electrons. The second-order valence-corrected chi connectivity index (χ2v) is 5.72. The first-order valence-corrected chi connectivity index (χ1v) is 7.22. The molecule has 0 bridgehead atoms. The molecule has 0 radical (unpaired) electrons. The van der Waals surface area contributed by atoms with Gasteiger partial charge in [-0.3, -0.25) is 0 Å². The van der Waals surface area contributed by atoms with Gasteiger partial charge in [-0.15, -0.1) is 0 Å². The smallest absolute Gasteiger partial charge is 0.150 e. The maximum atomic E-state index is 5.26. The van der Waals surface area contributed by atoms with E-state index in [1.165, 1.54) is 38.6 Å². The molecular weight excluding hydrogens is 226 g/mol. The summed E-state index contributed by atoms with van der Waals surface area (Å²) in [6, 6.07) is 3.40. The number of hydrogen-bond donors (Lipinski definition) is 2. The Labute approximate surface area is 108 Å². The zero-order chi connectivity index (χ0) is 12.4. The fraction of sp³-hybridized carbons (Fsp3) is 0.786. The highest BCUT2D eigenvalue weighted by Crippen LogP contribution is 2.32. The van der Waals surface area contributed by atoms with Gasteiger partial charge in [-0.25, -0.2) is 0 Å². The van der Waals surface area contributed by atoms with Gasteiger partial charge in [0.1, 0.15) is 0 Å². The van der Waals surface area contributed by atoms with Crippen molar-refractivity contribution in [3.63, 3.8) is 0 Å². The van der Waals surface area contributed by atoms with Crippen molar-refractivity contribution in [3.05, 3.63) is 17.5 Å². The molecule has 2 aliphatic rings. The Morgan fingerprint density at radius 3 is 3.06 bits per heavy atom. The van der Waals surface area contributed by atoms with Gasteiger partial charge < -0.3 is 15.2 Å². The van der Waals surface area contributed by atoms with Crippen molar-refractivity contribution >= 4 is 0 Å².